The number of fused-ring (bicyclic) bond motifs is 1. The van der Waals surface area contributed by atoms with Crippen molar-refractivity contribution in [2.24, 2.45) is 5.73 Å². The molecule has 1 heterocycles. The zero-order valence-electron chi connectivity index (χ0n) is 15.4. The summed E-state index contributed by atoms with van der Waals surface area (Å²) in [5.41, 5.74) is 5.73. The van der Waals surface area contributed by atoms with Crippen LogP contribution < -0.4 is 15.8 Å². The number of hydrogen-bond acceptors (Lipinski definition) is 4. The van der Waals surface area contributed by atoms with Gasteiger partial charge in [-0.1, -0.05) is 11.6 Å². The van der Waals surface area contributed by atoms with E-state index in [4.69, 9.17) is 22.1 Å². The molecule has 4 N–H and O–H groups in total. The maximum Gasteiger partial charge on any atom is 0.416 e. The van der Waals surface area contributed by atoms with Gasteiger partial charge in [0.05, 0.1) is 28.8 Å². The summed E-state index contributed by atoms with van der Waals surface area (Å²) < 4.78 is 44.4. The maximum absolute atomic E-state index is 13.0. The molecule has 154 valence electrons. The van der Waals surface area contributed by atoms with Crippen LogP contribution in [0.3, 0.4) is 0 Å². The molecule has 0 aliphatic heterocycles. The van der Waals surface area contributed by atoms with Crippen molar-refractivity contribution in [2.45, 2.75) is 12.6 Å². The largest absolute Gasteiger partial charge is 0.496 e. The number of imidazole rings is 1. The molecule has 0 atom stereocenters. The van der Waals surface area contributed by atoms with Gasteiger partial charge in [0, 0.05) is 12.1 Å². The van der Waals surface area contributed by atoms with Gasteiger partial charge in [0.1, 0.15) is 17.1 Å². The van der Waals surface area contributed by atoms with Crippen LogP contribution >= 0.6 is 11.6 Å². The van der Waals surface area contributed by atoms with Crippen molar-refractivity contribution in [3.8, 4) is 17.1 Å². The molecule has 6 nitrogen and oxygen atoms in total. The molecule has 0 saturated heterocycles. The van der Waals surface area contributed by atoms with E-state index in [0.717, 1.165) is 12.1 Å². The van der Waals surface area contributed by atoms with Crippen LogP contribution in [0.15, 0.2) is 30.3 Å². The number of nitrogens with one attached hydrogen (secondary N) is 2. The summed E-state index contributed by atoms with van der Waals surface area (Å²) in [6, 6.07) is 6.49. The Morgan fingerprint density at radius 1 is 1.31 bits per heavy atom. The second kappa shape index (κ2) is 8.30. The van der Waals surface area contributed by atoms with Gasteiger partial charge in [0.2, 0.25) is 0 Å². The van der Waals surface area contributed by atoms with E-state index in [0.29, 0.717) is 36.4 Å². The lowest BCUT2D eigenvalue weighted by Crippen LogP contribution is -2.25. The lowest BCUT2D eigenvalue weighted by Gasteiger charge is -2.09. The molecule has 0 fully saturated rings. The summed E-state index contributed by atoms with van der Waals surface area (Å²) in [5.74, 6) is 0.321. The molecular formula is C19H18ClF3N4O2. The first-order valence-electron chi connectivity index (χ1n) is 8.67. The Labute approximate surface area is 169 Å². The lowest BCUT2D eigenvalue weighted by molar-refractivity contribution is -0.137. The third kappa shape index (κ3) is 4.46. The summed E-state index contributed by atoms with van der Waals surface area (Å²) in [7, 11) is 1.42. The third-order valence-electron chi connectivity index (χ3n) is 4.25. The predicted molar refractivity (Wildman–Crippen MR) is 104 cm³/mol. The van der Waals surface area contributed by atoms with Crippen molar-refractivity contribution in [3.05, 3.63) is 46.5 Å². The number of rotatable bonds is 6. The van der Waals surface area contributed by atoms with Crippen LogP contribution in [0.2, 0.25) is 5.02 Å². The number of amides is 1. The van der Waals surface area contributed by atoms with Gasteiger partial charge >= 0.3 is 6.18 Å². The third-order valence-corrected chi connectivity index (χ3v) is 4.54. The van der Waals surface area contributed by atoms with E-state index in [2.05, 4.69) is 15.3 Å². The second-order valence-electron chi connectivity index (χ2n) is 6.25. The van der Waals surface area contributed by atoms with Crippen LogP contribution in [0.25, 0.3) is 22.4 Å². The van der Waals surface area contributed by atoms with Gasteiger partial charge in [-0.2, -0.15) is 13.2 Å². The molecular weight excluding hydrogens is 409 g/mol. The number of benzene rings is 2. The van der Waals surface area contributed by atoms with E-state index in [1.165, 1.54) is 13.2 Å². The SMILES string of the molecule is COc1cc(C(=O)NCCCN)ccc1-c1nc2c(Cl)cc(C(F)(F)F)cc2[nH]1. The number of ether oxygens (including phenoxy) is 1. The second-order valence-corrected chi connectivity index (χ2v) is 6.66. The zero-order chi connectivity index (χ0) is 21.2. The minimum atomic E-state index is -4.53. The Morgan fingerprint density at radius 3 is 2.72 bits per heavy atom. The normalized spacial score (nSPS) is 11.7. The number of nitrogens with two attached hydrogens (primary N) is 1. The molecule has 1 amide bonds. The smallest absolute Gasteiger partial charge is 0.416 e. The molecule has 0 spiro atoms. The highest BCUT2D eigenvalue weighted by Crippen LogP contribution is 2.36. The van der Waals surface area contributed by atoms with Crippen LogP contribution in [0.5, 0.6) is 5.75 Å². The minimum Gasteiger partial charge on any atom is -0.496 e. The number of methoxy groups -OCH3 is 1. The number of nitrogens with zero attached hydrogens (tertiary/aromatic N) is 1. The van der Waals surface area contributed by atoms with Crippen molar-refractivity contribution in [1.82, 2.24) is 15.3 Å². The average molecular weight is 427 g/mol. The van der Waals surface area contributed by atoms with Crippen LogP contribution in [-0.2, 0) is 6.18 Å². The molecule has 0 bridgehead atoms. The minimum absolute atomic E-state index is 0.118. The van der Waals surface area contributed by atoms with E-state index < -0.39 is 11.7 Å². The Morgan fingerprint density at radius 2 is 2.07 bits per heavy atom. The van der Waals surface area contributed by atoms with Gasteiger partial charge in [0.15, 0.2) is 0 Å². The number of alkyl halides is 3. The van der Waals surface area contributed by atoms with E-state index in [1.807, 2.05) is 0 Å². The fourth-order valence-corrected chi connectivity index (χ4v) is 3.06. The van der Waals surface area contributed by atoms with E-state index in [1.54, 1.807) is 12.1 Å². The van der Waals surface area contributed by atoms with Gasteiger partial charge < -0.3 is 20.8 Å². The first kappa shape index (κ1) is 20.9. The zero-order valence-corrected chi connectivity index (χ0v) is 16.1. The number of H-pyrrole nitrogens is 1. The van der Waals surface area contributed by atoms with Gasteiger partial charge in [0.25, 0.3) is 5.91 Å². The summed E-state index contributed by atoms with van der Waals surface area (Å²) in [5, 5.41) is 2.62. The van der Waals surface area contributed by atoms with E-state index in [9.17, 15) is 18.0 Å². The summed E-state index contributed by atoms with van der Waals surface area (Å²) in [6.45, 7) is 0.913. The van der Waals surface area contributed by atoms with Gasteiger partial charge in [-0.3, -0.25) is 4.79 Å². The van der Waals surface area contributed by atoms with E-state index >= 15 is 0 Å². The maximum atomic E-state index is 13.0. The monoisotopic (exact) mass is 426 g/mol. The Balaban J connectivity index is 1.98. The number of halogens is 4. The highest BCUT2D eigenvalue weighted by molar-refractivity contribution is 6.35. The fourth-order valence-electron chi connectivity index (χ4n) is 2.80. The molecule has 2 aromatic carbocycles. The van der Waals surface area contributed by atoms with Crippen molar-refractivity contribution in [1.29, 1.82) is 0 Å². The Kier molecular flexibility index (Phi) is 5.99. The van der Waals surface area contributed by atoms with Crippen LogP contribution in [0.1, 0.15) is 22.3 Å². The number of hydrogen-bond donors (Lipinski definition) is 3. The van der Waals surface area contributed by atoms with Crippen molar-refractivity contribution in [2.75, 3.05) is 20.2 Å². The molecule has 0 aliphatic carbocycles. The molecule has 0 radical (unpaired) electrons. The van der Waals surface area contributed by atoms with Gasteiger partial charge in [-0.05, 0) is 43.3 Å². The molecule has 3 rings (SSSR count). The number of carbonyl (C=O) groups is 1. The molecule has 3 aromatic rings. The van der Waals surface area contributed by atoms with Crippen LogP contribution in [0, 0.1) is 0 Å². The summed E-state index contributed by atoms with van der Waals surface area (Å²) >= 11 is 5.99. The number of aromatic nitrogens is 2. The van der Waals surface area contributed by atoms with Crippen LogP contribution in [-0.4, -0.2) is 36.1 Å². The Hall–Kier alpha value is -2.78. The first-order chi connectivity index (χ1) is 13.7. The highest BCUT2D eigenvalue weighted by atomic mass is 35.5. The average Bonchev–Trinajstić information content (AvgIpc) is 3.11. The molecule has 0 saturated carbocycles. The standard InChI is InChI=1S/C19H18ClF3N4O2/c1-29-15-7-10(18(28)25-6-2-5-24)3-4-12(15)17-26-14-9-11(19(21,22)23)8-13(20)16(14)27-17/h3-4,7-9H,2,5-6,24H2,1H3,(H,25,28)(H,26,27). The summed E-state index contributed by atoms with van der Waals surface area (Å²) in [4.78, 5) is 19.3. The van der Waals surface area contributed by atoms with Crippen LogP contribution in [0.4, 0.5) is 13.2 Å². The highest BCUT2D eigenvalue weighted by Gasteiger charge is 2.32. The fraction of sp³-hybridized carbons (Fsp3) is 0.263. The Bertz CT molecular complexity index is 1050. The quantitative estimate of drug-likeness (QED) is 0.519. The lowest BCUT2D eigenvalue weighted by atomic mass is 10.1. The van der Waals surface area contributed by atoms with Gasteiger partial charge in [-0.15, -0.1) is 0 Å². The molecule has 0 unspecified atom stereocenters. The molecule has 1 aromatic heterocycles. The number of aromatic amines is 1. The first-order valence-corrected chi connectivity index (χ1v) is 9.05. The van der Waals surface area contributed by atoms with Crippen molar-refractivity contribution >= 4 is 28.5 Å². The summed E-state index contributed by atoms with van der Waals surface area (Å²) in [6.07, 6.45) is -3.87. The molecule has 10 heteroatoms. The topological polar surface area (TPSA) is 93.0 Å². The number of carbonyl (C=O) groups excluding carboxylic acids is 1. The van der Waals surface area contributed by atoms with Crippen molar-refractivity contribution < 1.29 is 22.7 Å². The van der Waals surface area contributed by atoms with E-state index in [-0.39, 0.29) is 27.8 Å². The van der Waals surface area contributed by atoms with Crippen molar-refractivity contribution in [3.63, 3.8) is 0 Å². The molecule has 0 aliphatic rings. The molecule has 29 heavy (non-hydrogen) atoms. The van der Waals surface area contributed by atoms with Gasteiger partial charge in [-0.25, -0.2) is 4.98 Å². The predicted octanol–water partition coefficient (Wildman–Crippen LogP) is 3.99.